The van der Waals surface area contributed by atoms with Gasteiger partial charge in [-0.2, -0.15) is 0 Å². The number of benzene rings is 4. The molecule has 0 fully saturated rings. The summed E-state index contributed by atoms with van der Waals surface area (Å²) in [6, 6.07) is 24.4. The summed E-state index contributed by atoms with van der Waals surface area (Å²) < 4.78 is 15.2. The van der Waals surface area contributed by atoms with Gasteiger partial charge in [0.1, 0.15) is 11.4 Å². The highest BCUT2D eigenvalue weighted by Crippen LogP contribution is 2.54. The second-order valence-corrected chi connectivity index (χ2v) is 7.76. The normalized spacial score (nSPS) is 18.0. The maximum absolute atomic E-state index is 14.1. The smallest absolute Gasteiger partial charge is 0.142 e. The molecule has 0 saturated heterocycles. The fourth-order valence-corrected chi connectivity index (χ4v) is 5.00. The zero-order valence-corrected chi connectivity index (χ0v) is 15.9. The minimum absolute atomic E-state index is 0.299. The summed E-state index contributed by atoms with van der Waals surface area (Å²) in [6.45, 7) is 0. The molecule has 0 bridgehead atoms. The molecule has 0 radical (unpaired) electrons. The Balaban J connectivity index is 2.01. The molecule has 0 saturated carbocycles. The number of hydrogen-bond acceptors (Lipinski definition) is 1. The molecular weight excluding hydrogens is 438 g/mol. The van der Waals surface area contributed by atoms with Gasteiger partial charge in [-0.25, -0.2) is 4.39 Å². The van der Waals surface area contributed by atoms with Gasteiger partial charge in [0.2, 0.25) is 0 Å². The minimum atomic E-state index is -1.31. The monoisotopic (exact) mass is 452 g/mol. The van der Waals surface area contributed by atoms with Crippen molar-refractivity contribution in [2.45, 2.75) is 5.60 Å². The van der Waals surface area contributed by atoms with Gasteiger partial charge in [0.25, 0.3) is 0 Å². The van der Waals surface area contributed by atoms with Crippen LogP contribution in [0.3, 0.4) is 0 Å². The molecule has 1 atom stereocenters. The van der Waals surface area contributed by atoms with E-state index in [4.69, 9.17) is 0 Å². The van der Waals surface area contributed by atoms with Crippen molar-refractivity contribution in [1.82, 2.24) is 0 Å². The van der Waals surface area contributed by atoms with Crippen LogP contribution in [0.1, 0.15) is 16.7 Å². The summed E-state index contributed by atoms with van der Waals surface area (Å²) in [6.07, 6.45) is 0. The Bertz CT molecular complexity index is 1170. The molecule has 4 aromatic carbocycles. The van der Waals surface area contributed by atoms with Crippen molar-refractivity contribution < 1.29 is 9.50 Å². The second-order valence-electron chi connectivity index (χ2n) is 6.60. The second kappa shape index (κ2) is 5.63. The molecule has 1 aliphatic rings. The molecule has 4 aromatic rings. The Morgan fingerprint density at radius 2 is 1.58 bits per heavy atom. The van der Waals surface area contributed by atoms with E-state index in [-0.39, 0.29) is 5.82 Å². The van der Waals surface area contributed by atoms with Crippen LogP contribution in [0, 0.1) is 9.39 Å². The molecule has 0 spiro atoms. The van der Waals surface area contributed by atoms with E-state index in [9.17, 15) is 9.50 Å². The third-order valence-electron chi connectivity index (χ3n) is 5.20. The molecule has 26 heavy (non-hydrogen) atoms. The van der Waals surface area contributed by atoms with Gasteiger partial charge in [0, 0.05) is 20.3 Å². The van der Waals surface area contributed by atoms with Crippen LogP contribution >= 0.6 is 22.6 Å². The van der Waals surface area contributed by atoms with E-state index in [0.717, 1.165) is 42.2 Å². The largest absolute Gasteiger partial charge is 0.376 e. The van der Waals surface area contributed by atoms with Gasteiger partial charge in [-0.3, -0.25) is 0 Å². The fourth-order valence-electron chi connectivity index (χ4n) is 4.10. The average Bonchev–Trinajstić information content (AvgIpc) is 2.95. The standard InChI is InChI=1S/C23H14FIO/c24-16-11-10-14-12-20(25)21-17-8-4-5-9-19(17)23(26,22(21)18(14)13-16)15-6-2-1-3-7-15/h1-13,26H/t23-/m1/s1. The number of hydrogen-bond donors (Lipinski definition) is 1. The third-order valence-corrected chi connectivity index (χ3v) is 6.05. The van der Waals surface area contributed by atoms with E-state index < -0.39 is 5.60 Å². The predicted molar refractivity (Wildman–Crippen MR) is 111 cm³/mol. The summed E-state index contributed by atoms with van der Waals surface area (Å²) >= 11 is 2.31. The minimum Gasteiger partial charge on any atom is -0.376 e. The van der Waals surface area contributed by atoms with E-state index >= 15 is 0 Å². The summed E-state index contributed by atoms with van der Waals surface area (Å²) in [7, 11) is 0. The molecule has 0 heterocycles. The summed E-state index contributed by atoms with van der Waals surface area (Å²) in [4.78, 5) is 0. The van der Waals surface area contributed by atoms with Crippen LogP contribution in [0.2, 0.25) is 0 Å². The van der Waals surface area contributed by atoms with Crippen molar-refractivity contribution in [3.63, 3.8) is 0 Å². The van der Waals surface area contributed by atoms with Crippen LogP contribution in [-0.4, -0.2) is 5.11 Å². The van der Waals surface area contributed by atoms with Crippen molar-refractivity contribution in [1.29, 1.82) is 0 Å². The lowest BCUT2D eigenvalue weighted by molar-refractivity contribution is 0.132. The Morgan fingerprint density at radius 3 is 2.38 bits per heavy atom. The van der Waals surface area contributed by atoms with Gasteiger partial charge in [0.15, 0.2) is 0 Å². The summed E-state index contributed by atoms with van der Waals surface area (Å²) in [5.41, 5.74) is 3.09. The maximum atomic E-state index is 14.1. The molecule has 1 nitrogen and oxygen atoms in total. The van der Waals surface area contributed by atoms with Crippen molar-refractivity contribution in [2.75, 3.05) is 0 Å². The number of rotatable bonds is 1. The first-order chi connectivity index (χ1) is 12.6. The topological polar surface area (TPSA) is 20.2 Å². The Morgan fingerprint density at radius 1 is 0.846 bits per heavy atom. The van der Waals surface area contributed by atoms with Gasteiger partial charge in [-0.15, -0.1) is 0 Å². The van der Waals surface area contributed by atoms with E-state index in [1.54, 1.807) is 6.07 Å². The molecule has 5 rings (SSSR count). The van der Waals surface area contributed by atoms with Crippen LogP contribution in [0.25, 0.3) is 21.9 Å². The molecule has 0 unspecified atom stereocenters. The molecule has 0 aliphatic heterocycles. The first-order valence-electron chi connectivity index (χ1n) is 8.40. The van der Waals surface area contributed by atoms with Gasteiger partial charge in [-0.1, -0.05) is 60.7 Å². The molecule has 1 aliphatic carbocycles. The van der Waals surface area contributed by atoms with Gasteiger partial charge in [-0.05, 0) is 62.7 Å². The van der Waals surface area contributed by atoms with Crippen molar-refractivity contribution in [2.24, 2.45) is 0 Å². The fraction of sp³-hybridized carbons (Fsp3) is 0.0435. The lowest BCUT2D eigenvalue weighted by Crippen LogP contribution is -2.26. The molecule has 1 N–H and O–H groups in total. The quantitative estimate of drug-likeness (QED) is 0.360. The van der Waals surface area contributed by atoms with E-state index in [0.29, 0.717) is 0 Å². The Kier molecular flexibility index (Phi) is 3.46. The SMILES string of the molecule is O[C@]1(c2ccccc2)c2ccccc2-c2c(I)cc3ccc(F)cc3c21. The zero-order valence-electron chi connectivity index (χ0n) is 13.7. The highest BCUT2D eigenvalue weighted by molar-refractivity contribution is 14.1. The predicted octanol–water partition coefficient (Wildman–Crippen LogP) is 5.85. The van der Waals surface area contributed by atoms with Crippen molar-refractivity contribution in [3.8, 4) is 11.1 Å². The van der Waals surface area contributed by atoms with Gasteiger partial charge < -0.3 is 5.11 Å². The molecule has 3 heteroatoms. The van der Waals surface area contributed by atoms with Crippen molar-refractivity contribution in [3.05, 3.63) is 105 Å². The van der Waals surface area contributed by atoms with Crippen molar-refractivity contribution >= 4 is 33.4 Å². The van der Waals surface area contributed by atoms with Gasteiger partial charge >= 0.3 is 0 Å². The Hall–Kier alpha value is -2.24. The Labute approximate surface area is 164 Å². The highest BCUT2D eigenvalue weighted by atomic mass is 127. The van der Waals surface area contributed by atoms with E-state index in [1.807, 2.05) is 54.6 Å². The van der Waals surface area contributed by atoms with E-state index in [2.05, 4.69) is 28.7 Å². The van der Waals surface area contributed by atoms with Gasteiger partial charge in [0.05, 0.1) is 0 Å². The van der Waals surface area contributed by atoms with Crippen LogP contribution in [0.5, 0.6) is 0 Å². The zero-order chi connectivity index (χ0) is 17.9. The van der Waals surface area contributed by atoms with E-state index in [1.165, 1.54) is 12.1 Å². The van der Waals surface area contributed by atoms with Crippen LogP contribution in [-0.2, 0) is 5.60 Å². The lowest BCUT2D eigenvalue weighted by atomic mass is 9.82. The molecule has 0 amide bonds. The van der Waals surface area contributed by atoms with Crippen LogP contribution in [0.15, 0.2) is 78.9 Å². The number of fused-ring (bicyclic) bond motifs is 5. The number of aliphatic hydroxyl groups is 1. The average molecular weight is 452 g/mol. The summed E-state index contributed by atoms with van der Waals surface area (Å²) in [5, 5.41) is 13.7. The van der Waals surface area contributed by atoms with Crippen LogP contribution in [0.4, 0.5) is 4.39 Å². The van der Waals surface area contributed by atoms with Crippen LogP contribution < -0.4 is 0 Å². The first kappa shape index (κ1) is 16.0. The molecule has 126 valence electrons. The lowest BCUT2D eigenvalue weighted by Gasteiger charge is -2.28. The maximum Gasteiger partial charge on any atom is 0.142 e. The third kappa shape index (κ3) is 2.04. The highest BCUT2D eigenvalue weighted by Gasteiger charge is 2.45. The molecular formula is C23H14FIO. The first-order valence-corrected chi connectivity index (χ1v) is 9.48. The summed E-state index contributed by atoms with van der Waals surface area (Å²) in [5.74, 6) is -0.299. The molecule has 0 aromatic heterocycles. The number of halogens is 2.